The maximum absolute atomic E-state index is 13.5. The van der Waals surface area contributed by atoms with E-state index in [1.54, 1.807) is 0 Å². The van der Waals surface area contributed by atoms with E-state index >= 15 is 0 Å². The van der Waals surface area contributed by atoms with Gasteiger partial charge in [-0.2, -0.15) is 0 Å². The topological polar surface area (TPSA) is 99.5 Å². The number of aromatic nitrogens is 2. The van der Waals surface area contributed by atoms with Crippen LogP contribution in [0.4, 0.5) is 10.3 Å². The van der Waals surface area contributed by atoms with Crippen molar-refractivity contribution in [2.75, 3.05) is 18.4 Å². The molecule has 0 radical (unpaired) electrons. The molecule has 3 N–H and O–H groups in total. The molecule has 2 amide bonds. The summed E-state index contributed by atoms with van der Waals surface area (Å²) in [5.74, 6) is 0.0972. The van der Waals surface area contributed by atoms with Crippen molar-refractivity contribution < 1.29 is 19.1 Å². The second kappa shape index (κ2) is 12.4. The van der Waals surface area contributed by atoms with E-state index in [1.165, 1.54) is 29.8 Å². The molecule has 0 atom stereocenters. The number of amides is 2. The molecule has 2 aromatic carbocycles. The van der Waals surface area contributed by atoms with Crippen LogP contribution >= 0.6 is 0 Å². The molecule has 1 saturated heterocycles. The number of nitrogens with one attached hydrogen (secondary N) is 2. The molecule has 232 valence electrons. The number of halogens is 1. The molecule has 2 fully saturated rings. The lowest BCUT2D eigenvalue weighted by Crippen LogP contribution is -2.44. The number of likely N-dealkylation sites (tertiary alicyclic amines) is 1. The van der Waals surface area contributed by atoms with E-state index in [-0.39, 0.29) is 29.3 Å². The van der Waals surface area contributed by atoms with E-state index < -0.39 is 11.4 Å². The molecule has 0 bridgehead atoms. The summed E-state index contributed by atoms with van der Waals surface area (Å²) in [5, 5.41) is 16.6. The van der Waals surface area contributed by atoms with Gasteiger partial charge < -0.3 is 15.0 Å². The molecule has 43 heavy (non-hydrogen) atoms. The lowest BCUT2D eigenvalue weighted by molar-refractivity contribution is -0.127. The molecule has 8 nitrogen and oxygen atoms in total. The number of fused-ring (bicyclic) bond motifs is 1. The van der Waals surface area contributed by atoms with E-state index in [4.69, 9.17) is 4.98 Å². The average Bonchev–Trinajstić information content (AvgIpc) is 3.29. The van der Waals surface area contributed by atoms with Crippen molar-refractivity contribution in [3.8, 4) is 0 Å². The van der Waals surface area contributed by atoms with Gasteiger partial charge in [0.25, 0.3) is 5.91 Å². The van der Waals surface area contributed by atoms with Crippen molar-refractivity contribution in [1.82, 2.24) is 19.8 Å². The monoisotopic (exact) mass is 591 g/mol. The number of hydrogen-bond acceptors (Lipinski definition) is 5. The van der Waals surface area contributed by atoms with E-state index in [0.717, 1.165) is 69.2 Å². The Morgan fingerprint density at radius 1 is 0.953 bits per heavy atom. The van der Waals surface area contributed by atoms with Crippen LogP contribution in [0.2, 0.25) is 0 Å². The molecule has 1 saturated carbocycles. The molecule has 3 aromatic rings. The van der Waals surface area contributed by atoms with Gasteiger partial charge in [-0.15, -0.1) is 0 Å². The lowest BCUT2D eigenvalue weighted by atomic mass is 9.83. The van der Waals surface area contributed by atoms with Crippen molar-refractivity contribution in [3.63, 3.8) is 0 Å². The molecular formula is C34H46FN5O3. The quantitative estimate of drug-likeness (QED) is 0.310. The molecule has 1 aromatic heterocycles. The number of nitrogens with zero attached hydrogens (tertiary/aromatic N) is 3. The highest BCUT2D eigenvalue weighted by molar-refractivity contribution is 6.04. The number of carbonyl (C=O) groups excluding carboxylic acids is 2. The number of aliphatic hydroxyl groups is 1. The smallest absolute Gasteiger partial charge is 0.257 e. The van der Waals surface area contributed by atoms with Gasteiger partial charge in [0.2, 0.25) is 11.9 Å². The number of carbonyl (C=O) groups is 2. The van der Waals surface area contributed by atoms with Crippen LogP contribution in [0.3, 0.4) is 0 Å². The maximum atomic E-state index is 13.5. The molecular weight excluding hydrogens is 545 g/mol. The van der Waals surface area contributed by atoms with Crippen LogP contribution in [0.5, 0.6) is 0 Å². The van der Waals surface area contributed by atoms with Gasteiger partial charge >= 0.3 is 0 Å². The number of rotatable bonds is 7. The van der Waals surface area contributed by atoms with Crippen molar-refractivity contribution in [2.24, 2.45) is 11.8 Å². The Hall–Kier alpha value is -3.30. The third-order valence-corrected chi connectivity index (χ3v) is 9.01. The minimum atomic E-state index is -0.654. The average molecular weight is 592 g/mol. The third kappa shape index (κ3) is 7.62. The van der Waals surface area contributed by atoms with Gasteiger partial charge in [-0.3, -0.25) is 19.8 Å². The fourth-order valence-corrected chi connectivity index (χ4v) is 6.59. The van der Waals surface area contributed by atoms with E-state index in [2.05, 4.69) is 32.2 Å². The normalized spacial score (nSPS) is 20.7. The van der Waals surface area contributed by atoms with Crippen LogP contribution in [-0.2, 0) is 11.3 Å². The largest absolute Gasteiger partial charge is 0.390 e. The van der Waals surface area contributed by atoms with Crippen LogP contribution in [0, 0.1) is 17.7 Å². The second-order valence-electron chi connectivity index (χ2n) is 14.0. The Bertz CT molecular complexity index is 1440. The van der Waals surface area contributed by atoms with Crippen LogP contribution < -0.4 is 10.6 Å². The van der Waals surface area contributed by atoms with Crippen LogP contribution in [0.25, 0.3) is 11.0 Å². The summed E-state index contributed by atoms with van der Waals surface area (Å²) >= 11 is 0. The van der Waals surface area contributed by atoms with Crippen LogP contribution in [0.15, 0.2) is 42.5 Å². The summed E-state index contributed by atoms with van der Waals surface area (Å²) in [5.41, 5.74) is 2.36. The molecule has 5 rings (SSSR count). The first kappa shape index (κ1) is 31.1. The van der Waals surface area contributed by atoms with Gasteiger partial charge in [0.1, 0.15) is 5.82 Å². The Morgan fingerprint density at radius 2 is 1.60 bits per heavy atom. The Kier molecular flexibility index (Phi) is 8.95. The lowest BCUT2D eigenvalue weighted by Gasteiger charge is -2.37. The Balaban J connectivity index is 1.39. The van der Waals surface area contributed by atoms with Crippen molar-refractivity contribution >= 4 is 28.8 Å². The summed E-state index contributed by atoms with van der Waals surface area (Å²) < 4.78 is 15.6. The highest BCUT2D eigenvalue weighted by Crippen LogP contribution is 2.38. The summed E-state index contributed by atoms with van der Waals surface area (Å²) in [4.78, 5) is 33.3. The SMILES string of the molecule is CC(C)(C)NC(=O)C1CCC(n2c(NC(=O)c3ccc(F)cc3)nc3ccc(CN4CCC(C(C)(C)O)CC4)cc32)CC1. The van der Waals surface area contributed by atoms with E-state index in [0.29, 0.717) is 17.4 Å². The Morgan fingerprint density at radius 3 is 2.21 bits per heavy atom. The molecule has 0 unspecified atom stereocenters. The predicted molar refractivity (Wildman–Crippen MR) is 167 cm³/mol. The van der Waals surface area contributed by atoms with Crippen LogP contribution in [-0.4, -0.2) is 55.6 Å². The zero-order valence-corrected chi connectivity index (χ0v) is 26.1. The molecule has 2 heterocycles. The molecule has 9 heteroatoms. The molecule has 1 aliphatic carbocycles. The van der Waals surface area contributed by atoms with Gasteiger partial charge in [0.15, 0.2) is 0 Å². The summed E-state index contributed by atoms with van der Waals surface area (Å²) in [6.07, 6.45) is 5.04. The molecule has 0 spiro atoms. The van der Waals surface area contributed by atoms with Gasteiger partial charge in [0, 0.05) is 29.6 Å². The van der Waals surface area contributed by atoms with Gasteiger partial charge in [-0.1, -0.05) is 6.07 Å². The first-order chi connectivity index (χ1) is 20.3. The fraction of sp³-hybridized carbons (Fsp3) is 0.559. The number of benzene rings is 2. The minimum Gasteiger partial charge on any atom is -0.390 e. The second-order valence-corrected chi connectivity index (χ2v) is 14.0. The minimum absolute atomic E-state index is 0.0371. The highest BCUT2D eigenvalue weighted by atomic mass is 19.1. The number of imidazole rings is 1. The number of hydrogen-bond donors (Lipinski definition) is 3. The van der Waals surface area contributed by atoms with Crippen molar-refractivity contribution in [3.05, 3.63) is 59.4 Å². The maximum Gasteiger partial charge on any atom is 0.257 e. The van der Waals surface area contributed by atoms with Crippen molar-refractivity contribution in [1.29, 1.82) is 0 Å². The Labute approximate surface area is 254 Å². The van der Waals surface area contributed by atoms with Gasteiger partial charge in [-0.25, -0.2) is 9.37 Å². The van der Waals surface area contributed by atoms with E-state index in [9.17, 15) is 19.1 Å². The highest BCUT2D eigenvalue weighted by Gasteiger charge is 2.32. The third-order valence-electron chi connectivity index (χ3n) is 9.01. The number of piperidine rings is 1. The molecule has 1 aliphatic heterocycles. The zero-order chi connectivity index (χ0) is 30.9. The van der Waals surface area contributed by atoms with Gasteiger partial charge in [0.05, 0.1) is 16.6 Å². The van der Waals surface area contributed by atoms with E-state index in [1.807, 2.05) is 40.7 Å². The molecule has 2 aliphatic rings. The first-order valence-corrected chi connectivity index (χ1v) is 15.6. The number of anilines is 1. The predicted octanol–water partition coefficient (Wildman–Crippen LogP) is 6.06. The van der Waals surface area contributed by atoms with Crippen molar-refractivity contribution in [2.45, 2.75) is 96.9 Å². The summed E-state index contributed by atoms with van der Waals surface area (Å²) in [7, 11) is 0. The summed E-state index contributed by atoms with van der Waals surface area (Å²) in [6, 6.07) is 11.9. The fourth-order valence-electron chi connectivity index (χ4n) is 6.59. The zero-order valence-electron chi connectivity index (χ0n) is 26.1. The van der Waals surface area contributed by atoms with Gasteiger partial charge in [-0.05, 0) is 134 Å². The van der Waals surface area contributed by atoms with Crippen LogP contribution in [0.1, 0.15) is 95.1 Å². The first-order valence-electron chi connectivity index (χ1n) is 15.6. The standard InChI is InChI=1S/C34H46FN5O3/c1-33(2,3)38-31(42)24-9-13-27(14-10-24)40-29-20-22(21-39-18-16-25(17-19-39)34(4,5)43)6-15-28(29)36-32(40)37-30(41)23-7-11-26(35)12-8-23/h6-8,11-12,15,20,24-25,27,43H,9-10,13-14,16-19,21H2,1-5H3,(H,38,42)(H,36,37,41). The summed E-state index contributed by atoms with van der Waals surface area (Å²) in [6.45, 7) is 12.5.